The Kier molecular flexibility index (Phi) is 6.70. The highest BCUT2D eigenvalue weighted by Gasteiger charge is 2.33. The topological polar surface area (TPSA) is 92.0 Å². The summed E-state index contributed by atoms with van der Waals surface area (Å²) in [6, 6.07) is 21.0. The first kappa shape index (κ1) is 23.1. The van der Waals surface area contributed by atoms with Crippen molar-refractivity contribution in [2.75, 3.05) is 7.11 Å². The zero-order chi connectivity index (χ0) is 24.2. The van der Waals surface area contributed by atoms with E-state index >= 15 is 0 Å². The van der Waals surface area contributed by atoms with Crippen LogP contribution in [0.3, 0.4) is 0 Å². The maximum Gasteiger partial charge on any atom is 0.393 e. The van der Waals surface area contributed by atoms with Crippen molar-refractivity contribution in [3.05, 3.63) is 83.2 Å². The third-order valence-corrected chi connectivity index (χ3v) is 6.98. The number of carbonyl (C=O) groups is 2. The molecule has 0 fully saturated rings. The lowest BCUT2D eigenvalue weighted by atomic mass is 10.2. The summed E-state index contributed by atoms with van der Waals surface area (Å²) < 4.78 is 21.1. The molecule has 0 aliphatic carbocycles. The SMILES string of the molecule is COc1ccc2cc([S+](c3ccc(OC(C)=O)cc3)c3ccc(OC(C)=O)cc3)c(=O)oc2c1. The number of ether oxygens (including phenoxy) is 3. The van der Waals surface area contributed by atoms with Gasteiger partial charge in [-0.1, -0.05) is 0 Å². The lowest BCUT2D eigenvalue weighted by molar-refractivity contribution is -0.132. The molecule has 0 aliphatic heterocycles. The Bertz CT molecular complexity index is 1350. The van der Waals surface area contributed by atoms with Crippen LogP contribution in [0.5, 0.6) is 17.2 Å². The molecule has 0 bridgehead atoms. The van der Waals surface area contributed by atoms with Crippen molar-refractivity contribution >= 4 is 33.8 Å². The normalized spacial score (nSPS) is 10.8. The summed E-state index contributed by atoms with van der Waals surface area (Å²) in [6.45, 7) is 2.66. The van der Waals surface area contributed by atoms with Crippen LogP contribution in [0, 0.1) is 0 Å². The second-order valence-electron chi connectivity index (χ2n) is 7.24. The number of methoxy groups -OCH3 is 1. The van der Waals surface area contributed by atoms with Crippen LogP contribution in [0.25, 0.3) is 11.0 Å². The number of benzene rings is 3. The lowest BCUT2D eigenvalue weighted by Gasteiger charge is -2.09. The maximum absolute atomic E-state index is 13.1. The Morgan fingerprint density at radius 2 is 1.24 bits per heavy atom. The molecule has 1 aromatic heterocycles. The molecule has 0 saturated heterocycles. The number of fused-ring (bicyclic) bond motifs is 1. The zero-order valence-corrected chi connectivity index (χ0v) is 19.5. The molecule has 8 heteroatoms. The molecule has 0 spiro atoms. The smallest absolute Gasteiger partial charge is 0.393 e. The minimum absolute atomic E-state index is 0.405. The minimum atomic E-state index is -0.850. The van der Waals surface area contributed by atoms with E-state index in [0.717, 1.165) is 15.2 Å². The largest absolute Gasteiger partial charge is 0.497 e. The summed E-state index contributed by atoms with van der Waals surface area (Å²) in [5.74, 6) is 0.562. The fraction of sp³-hybridized carbons (Fsp3) is 0.115. The van der Waals surface area contributed by atoms with Gasteiger partial charge in [0, 0.05) is 31.4 Å². The van der Waals surface area contributed by atoms with Gasteiger partial charge < -0.3 is 18.6 Å². The van der Waals surface area contributed by atoms with Crippen LogP contribution in [0.4, 0.5) is 0 Å². The third-order valence-electron chi connectivity index (χ3n) is 4.77. The highest BCUT2D eigenvalue weighted by atomic mass is 32.2. The van der Waals surface area contributed by atoms with Crippen molar-refractivity contribution in [1.29, 1.82) is 0 Å². The molecule has 0 aliphatic rings. The van der Waals surface area contributed by atoms with E-state index in [2.05, 4.69) is 0 Å². The van der Waals surface area contributed by atoms with Gasteiger partial charge in [0.25, 0.3) is 4.90 Å². The van der Waals surface area contributed by atoms with Gasteiger partial charge in [-0.15, -0.1) is 0 Å². The number of esters is 2. The molecular formula is C26H21O7S+. The number of carbonyl (C=O) groups excluding carboxylic acids is 2. The van der Waals surface area contributed by atoms with Gasteiger partial charge in [0.05, 0.1) is 7.11 Å². The van der Waals surface area contributed by atoms with Crippen molar-refractivity contribution < 1.29 is 28.2 Å². The fourth-order valence-corrected chi connectivity index (χ4v) is 5.40. The van der Waals surface area contributed by atoms with Crippen LogP contribution < -0.4 is 19.8 Å². The molecular weight excluding hydrogens is 456 g/mol. The standard InChI is InChI=1S/C26H21O7S/c1-16(27)31-19-6-10-22(11-7-19)34(23-12-8-20(9-13-23)32-17(2)28)25-14-18-4-5-21(30-3)15-24(18)33-26(25)29/h4-15H,1-3H3/q+1. The predicted molar refractivity (Wildman–Crippen MR) is 127 cm³/mol. The molecule has 0 unspecified atom stereocenters. The summed E-state index contributed by atoms with van der Waals surface area (Å²) >= 11 is 0. The molecule has 0 amide bonds. The Hall–Kier alpha value is -4.04. The van der Waals surface area contributed by atoms with Gasteiger partial charge in [-0.05, 0) is 60.7 Å². The van der Waals surface area contributed by atoms with Gasteiger partial charge in [-0.25, -0.2) is 4.79 Å². The predicted octanol–water partition coefficient (Wildman–Crippen LogP) is 4.75. The van der Waals surface area contributed by atoms with Gasteiger partial charge in [-0.3, -0.25) is 9.59 Å². The van der Waals surface area contributed by atoms with E-state index in [9.17, 15) is 14.4 Å². The molecule has 4 rings (SSSR count). The highest BCUT2D eigenvalue weighted by Crippen LogP contribution is 2.33. The first-order valence-electron chi connectivity index (χ1n) is 10.3. The van der Waals surface area contributed by atoms with Crippen LogP contribution in [-0.2, 0) is 20.5 Å². The van der Waals surface area contributed by atoms with E-state index in [1.165, 1.54) is 13.8 Å². The van der Waals surface area contributed by atoms with Crippen LogP contribution in [0.2, 0.25) is 0 Å². The molecule has 0 radical (unpaired) electrons. The summed E-state index contributed by atoms with van der Waals surface area (Å²) in [4.78, 5) is 37.8. The van der Waals surface area contributed by atoms with E-state index in [-0.39, 0.29) is 0 Å². The summed E-state index contributed by atoms with van der Waals surface area (Å²) in [5.41, 5.74) is -0.0516. The van der Waals surface area contributed by atoms with Gasteiger partial charge >= 0.3 is 17.6 Å². The second-order valence-corrected chi connectivity index (χ2v) is 9.23. The van der Waals surface area contributed by atoms with E-state index in [1.54, 1.807) is 67.8 Å². The van der Waals surface area contributed by atoms with Gasteiger partial charge in [-0.2, -0.15) is 0 Å². The molecule has 34 heavy (non-hydrogen) atoms. The van der Waals surface area contributed by atoms with Crippen molar-refractivity contribution in [3.8, 4) is 17.2 Å². The van der Waals surface area contributed by atoms with Crippen molar-refractivity contribution in [2.24, 2.45) is 0 Å². The van der Waals surface area contributed by atoms with Gasteiger partial charge in [0.2, 0.25) is 0 Å². The molecule has 0 saturated carbocycles. The van der Waals surface area contributed by atoms with Crippen molar-refractivity contribution in [1.82, 2.24) is 0 Å². The highest BCUT2D eigenvalue weighted by molar-refractivity contribution is 7.97. The van der Waals surface area contributed by atoms with Gasteiger partial charge in [0.1, 0.15) is 33.7 Å². The summed E-state index contributed by atoms with van der Waals surface area (Å²) in [7, 11) is 0.696. The Labute approximate surface area is 198 Å². The van der Waals surface area contributed by atoms with E-state index in [1.807, 2.05) is 12.1 Å². The Balaban J connectivity index is 1.84. The molecule has 0 N–H and O–H groups in total. The van der Waals surface area contributed by atoms with E-state index in [4.69, 9.17) is 18.6 Å². The molecule has 172 valence electrons. The Morgan fingerprint density at radius 1 is 0.735 bits per heavy atom. The first-order valence-corrected chi connectivity index (χ1v) is 11.5. The van der Waals surface area contributed by atoms with E-state index < -0.39 is 28.5 Å². The number of rotatable bonds is 6. The van der Waals surface area contributed by atoms with Crippen LogP contribution in [-0.4, -0.2) is 19.0 Å². The Morgan fingerprint density at radius 3 is 1.71 bits per heavy atom. The zero-order valence-electron chi connectivity index (χ0n) is 18.7. The lowest BCUT2D eigenvalue weighted by Crippen LogP contribution is -2.15. The maximum atomic E-state index is 13.1. The second kappa shape index (κ2) is 9.84. The van der Waals surface area contributed by atoms with Crippen LogP contribution in [0.1, 0.15) is 13.8 Å². The number of hydrogen-bond acceptors (Lipinski definition) is 7. The molecule has 7 nitrogen and oxygen atoms in total. The molecule has 0 atom stereocenters. The number of hydrogen-bond donors (Lipinski definition) is 0. The first-order chi connectivity index (χ1) is 16.3. The fourth-order valence-electron chi connectivity index (χ4n) is 3.35. The molecule has 4 aromatic rings. The average molecular weight is 478 g/mol. The van der Waals surface area contributed by atoms with Gasteiger partial charge in [0.15, 0.2) is 9.79 Å². The third kappa shape index (κ3) is 5.13. The van der Waals surface area contributed by atoms with Crippen molar-refractivity contribution in [2.45, 2.75) is 28.5 Å². The van der Waals surface area contributed by atoms with E-state index in [0.29, 0.717) is 27.7 Å². The van der Waals surface area contributed by atoms with Crippen LogP contribution in [0.15, 0.2) is 96.7 Å². The summed E-state index contributed by atoms with van der Waals surface area (Å²) in [6.07, 6.45) is 0. The molecule has 1 heterocycles. The average Bonchev–Trinajstić information content (AvgIpc) is 2.80. The monoisotopic (exact) mass is 477 g/mol. The summed E-state index contributed by atoms with van der Waals surface area (Å²) in [5, 5.41) is 0.751. The quantitative estimate of drug-likeness (QED) is 0.171. The van der Waals surface area contributed by atoms with Crippen molar-refractivity contribution in [3.63, 3.8) is 0 Å². The molecule has 3 aromatic carbocycles. The van der Waals surface area contributed by atoms with Crippen LogP contribution >= 0.6 is 0 Å². The minimum Gasteiger partial charge on any atom is -0.497 e.